The number of carbonyl (C=O) groups is 1. The summed E-state index contributed by atoms with van der Waals surface area (Å²) >= 11 is 0. The van der Waals surface area contributed by atoms with E-state index in [2.05, 4.69) is 15.3 Å². The lowest BCUT2D eigenvalue weighted by Gasteiger charge is -2.10. The van der Waals surface area contributed by atoms with Gasteiger partial charge >= 0.3 is 0 Å². The predicted octanol–water partition coefficient (Wildman–Crippen LogP) is 4.54. The van der Waals surface area contributed by atoms with Gasteiger partial charge in [0.1, 0.15) is 5.82 Å². The van der Waals surface area contributed by atoms with Crippen LogP contribution < -0.4 is 24.3 Å². The van der Waals surface area contributed by atoms with Crippen molar-refractivity contribution in [2.75, 3.05) is 26.3 Å². The van der Waals surface area contributed by atoms with E-state index in [1.54, 1.807) is 32.4 Å². The first-order valence-corrected chi connectivity index (χ1v) is 9.99. The van der Waals surface area contributed by atoms with Crippen molar-refractivity contribution in [3.63, 3.8) is 0 Å². The van der Waals surface area contributed by atoms with Crippen LogP contribution in [0.25, 0.3) is 22.4 Å². The largest absolute Gasteiger partial charge is 0.493 e. The Labute approximate surface area is 184 Å². The first-order chi connectivity index (χ1) is 15.6. The quantitative estimate of drug-likeness (QED) is 0.482. The summed E-state index contributed by atoms with van der Waals surface area (Å²) in [7, 11) is 3.18. The van der Waals surface area contributed by atoms with E-state index in [-0.39, 0.29) is 12.7 Å². The van der Waals surface area contributed by atoms with Crippen molar-refractivity contribution < 1.29 is 23.7 Å². The molecule has 1 aliphatic heterocycles. The molecule has 1 amide bonds. The van der Waals surface area contributed by atoms with Crippen LogP contribution in [0, 0.1) is 6.92 Å². The number of rotatable bonds is 5. The molecule has 5 rings (SSSR count). The van der Waals surface area contributed by atoms with E-state index in [9.17, 15) is 4.79 Å². The maximum atomic E-state index is 12.8. The molecule has 0 unspecified atom stereocenters. The minimum absolute atomic E-state index is 0.164. The first kappa shape index (κ1) is 19.7. The Kier molecular flexibility index (Phi) is 4.82. The highest BCUT2D eigenvalue weighted by Gasteiger charge is 2.17. The number of hydrogen-bond donors (Lipinski definition) is 2. The molecular weight excluding hydrogens is 410 g/mol. The number of aromatic amines is 1. The number of nitrogens with one attached hydrogen (secondary N) is 2. The Balaban J connectivity index is 1.45. The van der Waals surface area contributed by atoms with E-state index in [1.807, 2.05) is 37.3 Å². The number of methoxy groups -OCH3 is 2. The van der Waals surface area contributed by atoms with Gasteiger partial charge in [-0.3, -0.25) is 4.79 Å². The number of ether oxygens (including phenoxy) is 4. The second kappa shape index (κ2) is 7.81. The summed E-state index contributed by atoms with van der Waals surface area (Å²) in [5.41, 5.74) is 4.53. The van der Waals surface area contributed by atoms with Gasteiger partial charge in [-0.2, -0.15) is 0 Å². The molecule has 0 aliphatic carbocycles. The molecule has 162 valence electrons. The number of benzene rings is 3. The molecule has 0 radical (unpaired) electrons. The number of aromatic nitrogens is 2. The second-order valence-corrected chi connectivity index (χ2v) is 7.36. The number of carbonyl (C=O) groups excluding carboxylic acids is 1. The van der Waals surface area contributed by atoms with Gasteiger partial charge in [0, 0.05) is 28.9 Å². The van der Waals surface area contributed by atoms with Crippen LogP contribution in [-0.2, 0) is 0 Å². The van der Waals surface area contributed by atoms with Crippen molar-refractivity contribution in [2.24, 2.45) is 0 Å². The predicted molar refractivity (Wildman–Crippen MR) is 120 cm³/mol. The fraction of sp³-hybridized carbons (Fsp3) is 0.167. The zero-order valence-corrected chi connectivity index (χ0v) is 17.8. The summed E-state index contributed by atoms with van der Waals surface area (Å²) in [5.74, 6) is 2.88. The number of nitrogens with zero attached hydrogens (tertiary/aromatic N) is 1. The Hall–Kier alpha value is -4.20. The Morgan fingerprint density at radius 3 is 2.59 bits per heavy atom. The summed E-state index contributed by atoms with van der Waals surface area (Å²) in [4.78, 5) is 20.8. The molecule has 2 N–H and O–H groups in total. The van der Waals surface area contributed by atoms with Crippen molar-refractivity contribution >= 4 is 22.6 Å². The fourth-order valence-electron chi connectivity index (χ4n) is 3.61. The Morgan fingerprint density at radius 1 is 1.00 bits per heavy atom. The van der Waals surface area contributed by atoms with Crippen molar-refractivity contribution in [1.82, 2.24) is 9.97 Å². The van der Waals surface area contributed by atoms with E-state index in [1.165, 1.54) is 0 Å². The minimum atomic E-state index is -0.234. The van der Waals surface area contributed by atoms with Crippen LogP contribution in [0.4, 0.5) is 5.69 Å². The second-order valence-electron chi connectivity index (χ2n) is 7.36. The zero-order chi connectivity index (χ0) is 22.2. The minimum Gasteiger partial charge on any atom is -0.493 e. The summed E-state index contributed by atoms with van der Waals surface area (Å²) < 4.78 is 21.4. The zero-order valence-electron chi connectivity index (χ0n) is 17.8. The maximum absolute atomic E-state index is 12.8. The lowest BCUT2D eigenvalue weighted by atomic mass is 10.1. The van der Waals surface area contributed by atoms with Crippen LogP contribution >= 0.6 is 0 Å². The van der Waals surface area contributed by atoms with E-state index >= 15 is 0 Å². The SMILES string of the molecule is COc1cc2nc(-c3ccc(C)c(NC(=O)c4ccc5c(c4)OCO5)c3)[nH]c2cc1OC. The Morgan fingerprint density at radius 2 is 1.78 bits per heavy atom. The normalized spacial score (nSPS) is 12.1. The molecule has 0 saturated carbocycles. The molecule has 0 fully saturated rings. The van der Waals surface area contributed by atoms with Gasteiger partial charge in [-0.1, -0.05) is 12.1 Å². The van der Waals surface area contributed by atoms with Crippen LogP contribution in [0.5, 0.6) is 23.0 Å². The number of fused-ring (bicyclic) bond motifs is 2. The van der Waals surface area contributed by atoms with Gasteiger partial charge in [-0.25, -0.2) is 4.98 Å². The number of imidazole rings is 1. The number of amides is 1. The molecule has 0 spiro atoms. The topological polar surface area (TPSA) is 94.7 Å². The number of hydrogen-bond acceptors (Lipinski definition) is 6. The van der Waals surface area contributed by atoms with E-state index in [0.29, 0.717) is 40.1 Å². The molecule has 0 saturated heterocycles. The summed E-state index contributed by atoms with van der Waals surface area (Å²) in [6.45, 7) is 2.10. The van der Waals surface area contributed by atoms with Gasteiger partial charge in [0.2, 0.25) is 6.79 Å². The van der Waals surface area contributed by atoms with Crippen LogP contribution in [0.2, 0.25) is 0 Å². The molecule has 8 nitrogen and oxygen atoms in total. The average Bonchev–Trinajstić information content (AvgIpc) is 3.45. The fourth-order valence-corrected chi connectivity index (χ4v) is 3.61. The Bertz CT molecular complexity index is 1300. The molecule has 8 heteroatoms. The molecular formula is C24H21N3O5. The lowest BCUT2D eigenvalue weighted by molar-refractivity contribution is 0.102. The van der Waals surface area contributed by atoms with Gasteiger partial charge in [-0.15, -0.1) is 0 Å². The molecule has 32 heavy (non-hydrogen) atoms. The van der Waals surface area contributed by atoms with Crippen LogP contribution in [-0.4, -0.2) is 36.9 Å². The monoisotopic (exact) mass is 431 g/mol. The number of anilines is 1. The highest BCUT2D eigenvalue weighted by molar-refractivity contribution is 6.05. The third-order valence-electron chi connectivity index (χ3n) is 5.38. The molecule has 1 aliphatic rings. The molecule has 0 atom stereocenters. The van der Waals surface area contributed by atoms with Gasteiger partial charge < -0.3 is 29.2 Å². The third kappa shape index (κ3) is 3.45. The van der Waals surface area contributed by atoms with Crippen LogP contribution in [0.15, 0.2) is 48.5 Å². The van der Waals surface area contributed by atoms with Gasteiger partial charge in [0.05, 0.1) is 25.3 Å². The van der Waals surface area contributed by atoms with Crippen LogP contribution in [0.3, 0.4) is 0 Å². The molecule has 4 aromatic rings. The molecule has 1 aromatic heterocycles. The smallest absolute Gasteiger partial charge is 0.255 e. The average molecular weight is 431 g/mol. The van der Waals surface area contributed by atoms with Crippen LogP contribution in [0.1, 0.15) is 15.9 Å². The highest BCUT2D eigenvalue weighted by Crippen LogP contribution is 2.34. The molecule has 0 bridgehead atoms. The standard InChI is InChI=1S/C24H21N3O5/c1-13-4-5-14(23-25-17-10-20(29-2)21(30-3)11-18(17)26-23)8-16(13)27-24(28)15-6-7-19-22(9-15)32-12-31-19/h4-11H,12H2,1-3H3,(H,25,26)(H,27,28). The van der Waals surface area contributed by atoms with E-state index < -0.39 is 0 Å². The maximum Gasteiger partial charge on any atom is 0.255 e. The van der Waals surface area contributed by atoms with E-state index in [0.717, 1.165) is 22.2 Å². The molecule has 3 aromatic carbocycles. The van der Waals surface area contributed by atoms with Crippen molar-refractivity contribution in [3.8, 4) is 34.4 Å². The number of H-pyrrole nitrogens is 1. The van der Waals surface area contributed by atoms with Crippen molar-refractivity contribution in [3.05, 3.63) is 59.7 Å². The van der Waals surface area contributed by atoms with E-state index in [4.69, 9.17) is 18.9 Å². The highest BCUT2D eigenvalue weighted by atomic mass is 16.7. The van der Waals surface area contributed by atoms with Gasteiger partial charge in [-0.05, 0) is 36.8 Å². The summed E-state index contributed by atoms with van der Waals surface area (Å²) in [6.07, 6.45) is 0. The van der Waals surface area contributed by atoms with Gasteiger partial charge in [0.15, 0.2) is 23.0 Å². The summed E-state index contributed by atoms with van der Waals surface area (Å²) in [5, 5.41) is 2.98. The lowest BCUT2D eigenvalue weighted by Crippen LogP contribution is -2.12. The number of aryl methyl sites for hydroxylation is 1. The van der Waals surface area contributed by atoms with Crippen molar-refractivity contribution in [1.29, 1.82) is 0 Å². The van der Waals surface area contributed by atoms with Gasteiger partial charge in [0.25, 0.3) is 5.91 Å². The summed E-state index contributed by atoms with van der Waals surface area (Å²) in [6, 6.07) is 14.6. The third-order valence-corrected chi connectivity index (χ3v) is 5.38. The molecule has 2 heterocycles. The van der Waals surface area contributed by atoms with Crippen molar-refractivity contribution in [2.45, 2.75) is 6.92 Å². The first-order valence-electron chi connectivity index (χ1n) is 9.99.